The quantitative estimate of drug-likeness (QED) is 0.322. The van der Waals surface area contributed by atoms with Gasteiger partial charge in [-0.05, 0) is 31.5 Å². The number of nitrogens with zero attached hydrogens (tertiary/aromatic N) is 3. The summed E-state index contributed by atoms with van der Waals surface area (Å²) < 4.78 is 0. The van der Waals surface area contributed by atoms with E-state index in [1.54, 1.807) is 19.0 Å². The second kappa shape index (κ2) is 9.52. The maximum Gasteiger partial charge on any atom is 0.325 e. The molecule has 1 unspecified atom stereocenters. The third kappa shape index (κ3) is 5.30. The smallest absolute Gasteiger partial charge is 0.325 e. The molecular formula is C17H24ClN3O6. The molecule has 150 valence electrons. The minimum atomic E-state index is -0.907. The predicted molar refractivity (Wildman–Crippen MR) is 100 cm³/mol. The maximum absolute atomic E-state index is 12.4. The molecule has 2 N–H and O–H groups in total. The highest BCUT2D eigenvalue weighted by atomic mass is 35.5. The zero-order chi connectivity index (χ0) is 19.4. The summed E-state index contributed by atoms with van der Waals surface area (Å²) in [5.74, 6) is -2.10. The van der Waals surface area contributed by atoms with Gasteiger partial charge in [-0.25, -0.2) is 0 Å². The van der Waals surface area contributed by atoms with Crippen LogP contribution in [0.2, 0.25) is 0 Å². The molecule has 1 heterocycles. The molecule has 1 aliphatic rings. The molecule has 2 rings (SSSR count). The van der Waals surface area contributed by atoms with Crippen LogP contribution in [0.25, 0.3) is 0 Å². The van der Waals surface area contributed by atoms with Crippen molar-refractivity contribution in [3.63, 3.8) is 0 Å². The Balaban J connectivity index is 0.00000364. The monoisotopic (exact) mass is 401 g/mol. The van der Waals surface area contributed by atoms with Gasteiger partial charge < -0.3 is 20.0 Å². The zero-order valence-corrected chi connectivity index (χ0v) is 16.1. The Labute approximate surface area is 163 Å². The summed E-state index contributed by atoms with van der Waals surface area (Å²) in [5.41, 5.74) is -1.02. The summed E-state index contributed by atoms with van der Waals surface area (Å²) in [5, 5.41) is 30.2. The van der Waals surface area contributed by atoms with Gasteiger partial charge in [0.1, 0.15) is 0 Å². The van der Waals surface area contributed by atoms with Gasteiger partial charge >= 0.3 is 5.69 Å². The Kier molecular flexibility index (Phi) is 7.98. The molecule has 1 aromatic rings. The number of halogens is 1. The topological polar surface area (TPSA) is 124 Å². The van der Waals surface area contributed by atoms with E-state index in [-0.39, 0.29) is 36.2 Å². The number of carbonyl (C=O) groups excluding carboxylic acids is 2. The van der Waals surface area contributed by atoms with E-state index in [2.05, 4.69) is 0 Å². The summed E-state index contributed by atoms with van der Waals surface area (Å²) in [6, 6.07) is 2.20. The van der Waals surface area contributed by atoms with E-state index in [1.165, 1.54) is 0 Å². The number of rotatable bonds is 6. The minimum absolute atomic E-state index is 0. The fraction of sp³-hybridized carbons (Fsp3) is 0.529. The van der Waals surface area contributed by atoms with Crippen molar-refractivity contribution in [3.05, 3.63) is 27.8 Å². The van der Waals surface area contributed by atoms with Crippen molar-refractivity contribution in [2.75, 3.05) is 33.7 Å². The van der Waals surface area contributed by atoms with Crippen LogP contribution >= 0.6 is 12.4 Å². The van der Waals surface area contributed by atoms with Gasteiger partial charge in [0.25, 0.3) is 0 Å². The largest absolute Gasteiger partial charge is 0.504 e. The number of benzene rings is 1. The number of phenolic OH excluding ortho intramolecular Hbond substituents is 2. The van der Waals surface area contributed by atoms with E-state index in [0.717, 1.165) is 31.5 Å². The number of Topliss-reactive ketones (excluding diaryl/α,β-unsaturated/α-hetero) is 1. The molecule has 1 aromatic carbocycles. The van der Waals surface area contributed by atoms with Gasteiger partial charge in [0.15, 0.2) is 11.5 Å². The molecule has 0 saturated carbocycles. The van der Waals surface area contributed by atoms with Crippen molar-refractivity contribution in [1.29, 1.82) is 0 Å². The van der Waals surface area contributed by atoms with Crippen LogP contribution in [0.5, 0.6) is 11.5 Å². The first-order chi connectivity index (χ1) is 12.2. The van der Waals surface area contributed by atoms with E-state index in [4.69, 9.17) is 0 Å². The normalized spacial score (nSPS) is 17.0. The van der Waals surface area contributed by atoms with Crippen LogP contribution in [-0.2, 0) is 4.79 Å². The third-order valence-corrected chi connectivity index (χ3v) is 4.56. The zero-order valence-electron chi connectivity index (χ0n) is 15.3. The Hall–Kier alpha value is -2.39. The number of nitro groups is 1. The number of likely N-dealkylation sites (tertiary alicyclic amines) is 1. The van der Waals surface area contributed by atoms with Crippen LogP contribution in [0.3, 0.4) is 0 Å². The molecule has 1 saturated heterocycles. The fourth-order valence-electron chi connectivity index (χ4n) is 3.20. The van der Waals surface area contributed by atoms with Crippen molar-refractivity contribution in [2.24, 2.45) is 5.92 Å². The van der Waals surface area contributed by atoms with Gasteiger partial charge in [0.2, 0.25) is 11.7 Å². The summed E-state index contributed by atoms with van der Waals surface area (Å²) in [6.45, 7) is 1.68. The molecule has 1 amide bonds. The maximum atomic E-state index is 12.4. The molecule has 0 aliphatic carbocycles. The van der Waals surface area contributed by atoms with Crippen molar-refractivity contribution in [2.45, 2.75) is 19.3 Å². The van der Waals surface area contributed by atoms with Crippen LogP contribution in [0, 0.1) is 16.0 Å². The van der Waals surface area contributed by atoms with Crippen LogP contribution in [-0.4, -0.2) is 70.4 Å². The van der Waals surface area contributed by atoms with E-state index in [9.17, 15) is 29.9 Å². The van der Waals surface area contributed by atoms with Crippen molar-refractivity contribution < 1.29 is 24.7 Å². The Bertz CT molecular complexity index is 725. The lowest BCUT2D eigenvalue weighted by Gasteiger charge is -2.33. The van der Waals surface area contributed by atoms with E-state index in [0.29, 0.717) is 13.1 Å². The van der Waals surface area contributed by atoms with Gasteiger partial charge in [0, 0.05) is 33.6 Å². The minimum Gasteiger partial charge on any atom is -0.504 e. The van der Waals surface area contributed by atoms with E-state index >= 15 is 0 Å². The molecule has 0 bridgehead atoms. The summed E-state index contributed by atoms with van der Waals surface area (Å²) in [7, 11) is 3.42. The highest BCUT2D eigenvalue weighted by Crippen LogP contribution is 2.38. The number of carbonyl (C=O) groups is 2. The standard InChI is InChI=1S/C17H23N3O6.ClH/c1-18(2)17(24)11-4-3-8-19(10-11)9-7-13(21)12-5-6-14(22)16(23)15(12)20(25)26;/h5-6,11,22-23H,3-4,7-10H2,1-2H3;1H. The number of hydrogen-bond acceptors (Lipinski definition) is 7. The SMILES string of the molecule is CN(C)C(=O)C1CCCN(CCC(=O)c2ccc(O)c(O)c2[N+](=O)[O-])C1.Cl. The summed E-state index contributed by atoms with van der Waals surface area (Å²) >= 11 is 0. The third-order valence-electron chi connectivity index (χ3n) is 4.56. The van der Waals surface area contributed by atoms with E-state index < -0.39 is 27.9 Å². The number of ketones is 1. The van der Waals surface area contributed by atoms with Gasteiger partial charge in [-0.2, -0.15) is 0 Å². The second-order valence-electron chi connectivity index (χ2n) is 6.63. The molecule has 0 spiro atoms. The Morgan fingerprint density at radius 1 is 1.33 bits per heavy atom. The average Bonchev–Trinajstić information content (AvgIpc) is 2.60. The Morgan fingerprint density at radius 2 is 2.00 bits per heavy atom. The second-order valence-corrected chi connectivity index (χ2v) is 6.63. The number of aromatic hydroxyl groups is 2. The average molecular weight is 402 g/mol. The van der Waals surface area contributed by atoms with Gasteiger partial charge in [-0.15, -0.1) is 12.4 Å². The molecule has 0 aromatic heterocycles. The summed E-state index contributed by atoms with van der Waals surface area (Å²) in [6.07, 6.45) is 1.67. The van der Waals surface area contributed by atoms with Crippen LogP contribution in [0.15, 0.2) is 12.1 Å². The van der Waals surface area contributed by atoms with Gasteiger partial charge in [-0.1, -0.05) is 0 Å². The van der Waals surface area contributed by atoms with Gasteiger partial charge in [-0.3, -0.25) is 19.7 Å². The molecule has 1 fully saturated rings. The molecule has 9 nitrogen and oxygen atoms in total. The number of amides is 1. The fourth-order valence-corrected chi connectivity index (χ4v) is 3.20. The van der Waals surface area contributed by atoms with Crippen molar-refractivity contribution in [3.8, 4) is 11.5 Å². The highest BCUT2D eigenvalue weighted by Gasteiger charge is 2.29. The molecular weight excluding hydrogens is 378 g/mol. The molecule has 27 heavy (non-hydrogen) atoms. The first-order valence-electron chi connectivity index (χ1n) is 8.38. The van der Waals surface area contributed by atoms with Crippen molar-refractivity contribution >= 4 is 29.8 Å². The van der Waals surface area contributed by atoms with Crippen LogP contribution in [0.1, 0.15) is 29.6 Å². The lowest BCUT2D eigenvalue weighted by atomic mass is 9.96. The van der Waals surface area contributed by atoms with Crippen LogP contribution in [0.4, 0.5) is 5.69 Å². The predicted octanol–water partition coefficient (Wildman–Crippen LogP) is 1.80. The molecule has 0 radical (unpaired) electrons. The lowest BCUT2D eigenvalue weighted by Crippen LogP contribution is -2.43. The lowest BCUT2D eigenvalue weighted by molar-refractivity contribution is -0.386. The Morgan fingerprint density at radius 3 is 2.59 bits per heavy atom. The van der Waals surface area contributed by atoms with Crippen molar-refractivity contribution in [1.82, 2.24) is 9.80 Å². The van der Waals surface area contributed by atoms with Crippen LogP contribution < -0.4 is 0 Å². The number of nitro benzene ring substituents is 1. The number of phenols is 2. The highest BCUT2D eigenvalue weighted by molar-refractivity contribution is 6.01. The molecule has 1 atom stereocenters. The molecule has 1 aliphatic heterocycles. The summed E-state index contributed by atoms with van der Waals surface area (Å²) in [4.78, 5) is 38.3. The van der Waals surface area contributed by atoms with Gasteiger partial charge in [0.05, 0.1) is 16.4 Å². The first-order valence-corrected chi connectivity index (χ1v) is 8.38. The number of piperidine rings is 1. The van der Waals surface area contributed by atoms with E-state index in [1.807, 2.05) is 4.90 Å². The number of hydrogen-bond donors (Lipinski definition) is 2. The molecule has 10 heteroatoms. The first kappa shape index (κ1) is 22.7.